The Morgan fingerprint density at radius 2 is 1.07 bits per heavy atom. The molecule has 27 nitrogen and oxygen atoms in total. The number of amides is 5. The third-order valence-electron chi connectivity index (χ3n) is 14.8. The van der Waals surface area contributed by atoms with Crippen LogP contribution < -0.4 is 49.1 Å². The van der Waals surface area contributed by atoms with Gasteiger partial charge in [-0.05, 0) is 81.4 Å². The zero-order valence-electron chi connectivity index (χ0n) is 54.9. The number of Topliss-reactive ketones (excluding diaryl/α,β-unsaturated/α-hetero) is 3. The number of nitrogens with zero attached hydrogens (tertiary/aromatic N) is 1. The maximum Gasteiger partial charge on any atom is 0.326 e. The Kier molecular flexibility index (Phi) is 49.7. The number of ether oxygens (including phenoxy) is 4. The number of nitrogens with one attached hydrogen (secondary N) is 6. The third-order valence-corrected chi connectivity index (χ3v) is 14.8. The number of aliphatic imine (C=N–C) groups is 1. The van der Waals surface area contributed by atoms with Crippen molar-refractivity contribution in [2.45, 2.75) is 218 Å². The van der Waals surface area contributed by atoms with Crippen LogP contribution in [0.15, 0.2) is 29.3 Å². The first-order valence-electron chi connectivity index (χ1n) is 33.2. The molecule has 0 fully saturated rings. The lowest BCUT2D eigenvalue weighted by Gasteiger charge is -2.23. The van der Waals surface area contributed by atoms with Gasteiger partial charge in [0.2, 0.25) is 29.5 Å². The number of carbonyl (C=O) groups is 10. The van der Waals surface area contributed by atoms with Gasteiger partial charge in [-0.2, -0.15) is 0 Å². The summed E-state index contributed by atoms with van der Waals surface area (Å²) in [6.07, 6.45) is 18.6. The van der Waals surface area contributed by atoms with Crippen molar-refractivity contribution in [3.8, 4) is 5.75 Å². The number of unbranched alkanes of at least 4 members (excludes halogenated alkanes) is 14. The van der Waals surface area contributed by atoms with E-state index in [1.807, 2.05) is 13.8 Å². The standard InChI is InChI=1S/C65H112N10O17/c1-48(2)41-53(78)44-73-54(57(79)45-72-50(21-19-33-71-65(67)68)43-60(82)75-56(63(66)86)42-49-26-28-51(76)29-27-49)23-17-18-32-69-61(83)47-92-40-37-89-35-20-22-52(77)46-91-39-38-90-36-34-70-58(80)31-30-55(64(87)88)74-59(81)24-15-13-11-9-7-5-3-4-6-8-10-12-14-16-25-62(84)85/h26-29,48,50,54-56,72-73,76H,3-25,30-47H2,1-2H3,(H2,66,86)(H,69,83)(H,70,80)(H,74,81)(H,75,82)(H,84,85)(H,87,88)(H4,67,68,71)/t50-,54-,55-,56-/m0/s1. The minimum absolute atomic E-state index is 0.00545. The molecule has 524 valence electrons. The Labute approximate surface area is 544 Å². The maximum absolute atomic E-state index is 13.7. The Bertz CT molecular complexity index is 2290. The topological polar surface area (TPSA) is 431 Å². The summed E-state index contributed by atoms with van der Waals surface area (Å²) in [5, 5.41) is 44.9. The van der Waals surface area contributed by atoms with Crippen LogP contribution in [-0.2, 0) is 73.3 Å². The van der Waals surface area contributed by atoms with Crippen molar-refractivity contribution in [2.75, 3.05) is 85.6 Å². The molecule has 0 aliphatic carbocycles. The van der Waals surface area contributed by atoms with Crippen LogP contribution in [0.5, 0.6) is 5.75 Å². The van der Waals surface area contributed by atoms with Gasteiger partial charge in [-0.1, -0.05) is 103 Å². The Hall–Kier alpha value is -6.65. The SMILES string of the molecule is CC(C)CC(=O)CN[C@@H](CCCCNC(=O)COCCOCCCC(=O)COCCOCCNC(=O)CC[C@H](NC(=O)CCCCCCCCCCCCCCCCC(=O)O)C(=O)O)C(=O)CN[C@@H](CCCN=C(N)N)CC(=O)N[C@@H](Cc1ccc(O)cc1)C(N)=O. The summed E-state index contributed by atoms with van der Waals surface area (Å²) in [5.74, 6) is -4.47. The van der Waals surface area contributed by atoms with E-state index < -0.39 is 47.9 Å². The number of benzene rings is 1. The molecule has 92 heavy (non-hydrogen) atoms. The van der Waals surface area contributed by atoms with Gasteiger partial charge in [-0.15, -0.1) is 0 Å². The molecule has 5 amide bonds. The monoisotopic (exact) mass is 1300 g/mol. The highest BCUT2D eigenvalue weighted by molar-refractivity contribution is 5.89. The van der Waals surface area contributed by atoms with Crippen LogP contribution in [0.1, 0.15) is 193 Å². The number of ketones is 3. The lowest BCUT2D eigenvalue weighted by molar-refractivity contribution is -0.142. The van der Waals surface area contributed by atoms with E-state index in [0.29, 0.717) is 70.1 Å². The molecule has 0 heterocycles. The molecular weight excluding hydrogens is 1190 g/mol. The number of primary amides is 1. The second kappa shape index (κ2) is 54.9. The van der Waals surface area contributed by atoms with E-state index in [-0.39, 0.29) is 170 Å². The number of nitrogens with two attached hydrogens (primary N) is 3. The number of phenols is 1. The summed E-state index contributed by atoms with van der Waals surface area (Å²) in [5.41, 5.74) is 17.3. The average molecular weight is 1310 g/mol. The van der Waals surface area contributed by atoms with Crippen molar-refractivity contribution in [2.24, 2.45) is 28.1 Å². The van der Waals surface area contributed by atoms with Crippen LogP contribution >= 0.6 is 0 Å². The fourth-order valence-electron chi connectivity index (χ4n) is 9.72. The molecule has 27 heteroatoms. The van der Waals surface area contributed by atoms with Crippen molar-refractivity contribution < 1.29 is 82.2 Å². The molecule has 0 saturated carbocycles. The smallest absolute Gasteiger partial charge is 0.326 e. The van der Waals surface area contributed by atoms with Gasteiger partial charge in [0.05, 0.1) is 52.2 Å². The first-order valence-corrected chi connectivity index (χ1v) is 33.2. The zero-order valence-corrected chi connectivity index (χ0v) is 54.9. The molecule has 0 bridgehead atoms. The molecule has 0 unspecified atom stereocenters. The fourth-order valence-corrected chi connectivity index (χ4v) is 9.72. The minimum atomic E-state index is -1.20. The van der Waals surface area contributed by atoms with E-state index in [1.54, 1.807) is 12.1 Å². The highest BCUT2D eigenvalue weighted by Crippen LogP contribution is 2.16. The van der Waals surface area contributed by atoms with E-state index in [0.717, 1.165) is 51.4 Å². The van der Waals surface area contributed by atoms with Gasteiger partial charge >= 0.3 is 11.9 Å². The number of phenolic OH excluding ortho intramolecular Hbond substituents is 1. The lowest BCUT2D eigenvalue weighted by Crippen LogP contribution is -2.49. The molecule has 0 aromatic heterocycles. The van der Waals surface area contributed by atoms with Crippen LogP contribution in [0.4, 0.5) is 0 Å². The summed E-state index contributed by atoms with van der Waals surface area (Å²) in [4.78, 5) is 128. The average Bonchev–Trinajstić information content (AvgIpc) is 3.61. The number of carboxylic acid groups (broad SMARTS) is 2. The number of hydrogen-bond donors (Lipinski definition) is 12. The molecular formula is C65H112N10O17. The van der Waals surface area contributed by atoms with Gasteiger partial charge < -0.3 is 83.4 Å². The molecule has 1 aromatic carbocycles. The second-order valence-corrected chi connectivity index (χ2v) is 23.7. The maximum atomic E-state index is 13.7. The number of carbonyl (C=O) groups excluding carboxylic acids is 8. The van der Waals surface area contributed by atoms with Gasteiger partial charge in [-0.3, -0.25) is 48.1 Å². The molecule has 0 aliphatic rings. The molecule has 15 N–H and O–H groups in total. The zero-order chi connectivity index (χ0) is 68.0. The summed E-state index contributed by atoms with van der Waals surface area (Å²) < 4.78 is 21.8. The lowest BCUT2D eigenvalue weighted by atomic mass is 10.0. The Morgan fingerprint density at radius 1 is 0.489 bits per heavy atom. The summed E-state index contributed by atoms with van der Waals surface area (Å²) in [6.45, 7) is 5.42. The largest absolute Gasteiger partial charge is 0.508 e. The predicted octanol–water partition coefficient (Wildman–Crippen LogP) is 3.94. The number of guanidine groups is 1. The van der Waals surface area contributed by atoms with Gasteiger partial charge in [0, 0.05) is 77.2 Å². The van der Waals surface area contributed by atoms with E-state index in [1.165, 1.54) is 44.2 Å². The molecule has 0 radical (unpaired) electrons. The number of aliphatic carboxylic acids is 2. The van der Waals surface area contributed by atoms with Gasteiger partial charge in [0.1, 0.15) is 36.8 Å². The van der Waals surface area contributed by atoms with Crippen molar-refractivity contribution >= 4 is 64.8 Å². The highest BCUT2D eigenvalue weighted by atomic mass is 16.5. The van der Waals surface area contributed by atoms with Gasteiger partial charge in [0.15, 0.2) is 17.5 Å². The van der Waals surface area contributed by atoms with E-state index in [4.69, 9.17) is 41.3 Å². The van der Waals surface area contributed by atoms with Crippen LogP contribution in [0.3, 0.4) is 0 Å². The van der Waals surface area contributed by atoms with Crippen molar-refractivity contribution in [1.29, 1.82) is 0 Å². The fraction of sp³-hybridized carbons (Fsp3) is 0.738. The van der Waals surface area contributed by atoms with E-state index in [2.05, 4.69) is 36.9 Å². The first kappa shape index (κ1) is 83.4. The van der Waals surface area contributed by atoms with Crippen LogP contribution in [-0.4, -0.2) is 190 Å². The summed E-state index contributed by atoms with van der Waals surface area (Å²) in [6, 6.07) is 2.75. The van der Waals surface area contributed by atoms with Gasteiger partial charge in [0.25, 0.3) is 0 Å². The van der Waals surface area contributed by atoms with Crippen LogP contribution in [0.25, 0.3) is 0 Å². The van der Waals surface area contributed by atoms with E-state index >= 15 is 0 Å². The number of carboxylic acids is 2. The normalized spacial score (nSPS) is 12.5. The predicted molar refractivity (Wildman–Crippen MR) is 348 cm³/mol. The Balaban J connectivity index is 2.24. The second-order valence-electron chi connectivity index (χ2n) is 23.7. The van der Waals surface area contributed by atoms with Crippen LogP contribution in [0, 0.1) is 5.92 Å². The summed E-state index contributed by atoms with van der Waals surface area (Å²) in [7, 11) is 0. The van der Waals surface area contributed by atoms with Crippen LogP contribution in [0.2, 0.25) is 0 Å². The molecule has 0 aliphatic heterocycles. The first-order chi connectivity index (χ1) is 44.1. The van der Waals surface area contributed by atoms with E-state index in [9.17, 15) is 58.2 Å². The van der Waals surface area contributed by atoms with Crippen molar-refractivity contribution in [1.82, 2.24) is 31.9 Å². The van der Waals surface area contributed by atoms with Crippen molar-refractivity contribution in [3.63, 3.8) is 0 Å². The van der Waals surface area contributed by atoms with Crippen molar-refractivity contribution in [3.05, 3.63) is 29.8 Å². The minimum Gasteiger partial charge on any atom is -0.508 e. The molecule has 0 spiro atoms. The van der Waals surface area contributed by atoms with Gasteiger partial charge in [-0.25, -0.2) is 4.79 Å². The number of hydrogen-bond acceptors (Lipinski definition) is 18. The molecule has 0 saturated heterocycles. The molecule has 1 aromatic rings. The summed E-state index contributed by atoms with van der Waals surface area (Å²) >= 11 is 0. The Morgan fingerprint density at radius 3 is 1.66 bits per heavy atom. The quantitative estimate of drug-likeness (QED) is 0.0250. The molecule has 1 rings (SSSR count). The number of aromatic hydroxyl groups is 1. The number of rotatable bonds is 63. The highest BCUT2D eigenvalue weighted by Gasteiger charge is 2.25. The molecule has 4 atom stereocenters. The third kappa shape index (κ3) is 50.0.